The Kier molecular flexibility index (Phi) is 3.51. The van der Waals surface area contributed by atoms with E-state index in [1.54, 1.807) is 22.5 Å². The predicted octanol–water partition coefficient (Wildman–Crippen LogP) is 1.24. The fourth-order valence-electron chi connectivity index (χ4n) is 1.83. The summed E-state index contributed by atoms with van der Waals surface area (Å²) in [5, 5.41) is 0.172. The number of hydrogen-bond acceptors (Lipinski definition) is 4. The number of aryl methyl sites for hydroxylation is 1. The van der Waals surface area contributed by atoms with Crippen LogP contribution in [0.5, 0.6) is 0 Å². The van der Waals surface area contributed by atoms with Gasteiger partial charge in [-0.2, -0.15) is 4.31 Å². The van der Waals surface area contributed by atoms with Crippen molar-refractivity contribution in [2.75, 3.05) is 18.2 Å². The van der Waals surface area contributed by atoms with E-state index in [0.29, 0.717) is 12.4 Å². The van der Waals surface area contributed by atoms with Crippen molar-refractivity contribution in [3.63, 3.8) is 0 Å². The summed E-state index contributed by atoms with van der Waals surface area (Å²) in [6, 6.07) is 0. The lowest BCUT2D eigenvalue weighted by Crippen LogP contribution is -2.28. The Morgan fingerprint density at radius 3 is 2.65 bits per heavy atom. The summed E-state index contributed by atoms with van der Waals surface area (Å²) in [4.78, 5) is 4.25. The molecule has 0 aliphatic carbocycles. The molecular weight excluding hydrogens is 258 g/mol. The van der Waals surface area contributed by atoms with Gasteiger partial charge in [0.25, 0.3) is 10.0 Å². The SMILES string of the molecule is CC(C)c1nc(S(=O)(=O)N2CCSC2)cn1C. The molecule has 0 atom stereocenters. The van der Waals surface area contributed by atoms with Crippen LogP contribution in [0.15, 0.2) is 11.2 Å². The molecule has 0 unspecified atom stereocenters. The summed E-state index contributed by atoms with van der Waals surface area (Å²) in [5.41, 5.74) is 0. The number of hydrogen-bond donors (Lipinski definition) is 0. The first-order valence-electron chi connectivity index (χ1n) is 5.54. The van der Waals surface area contributed by atoms with Crippen molar-refractivity contribution in [3.8, 4) is 0 Å². The molecule has 0 spiro atoms. The van der Waals surface area contributed by atoms with Gasteiger partial charge in [-0.1, -0.05) is 13.8 Å². The first-order chi connectivity index (χ1) is 7.93. The fourth-order valence-corrected chi connectivity index (χ4v) is 4.63. The van der Waals surface area contributed by atoms with Crippen LogP contribution in [0, 0.1) is 0 Å². The molecule has 2 rings (SSSR count). The van der Waals surface area contributed by atoms with E-state index in [4.69, 9.17) is 0 Å². The average molecular weight is 275 g/mol. The zero-order chi connectivity index (χ0) is 12.6. The minimum Gasteiger partial charge on any atom is -0.336 e. The van der Waals surface area contributed by atoms with Crippen LogP contribution >= 0.6 is 11.8 Å². The van der Waals surface area contributed by atoms with E-state index in [1.165, 1.54) is 4.31 Å². The highest BCUT2D eigenvalue weighted by Gasteiger charge is 2.30. The zero-order valence-electron chi connectivity index (χ0n) is 10.3. The molecule has 0 radical (unpaired) electrons. The standard InChI is InChI=1S/C10H17N3O2S2/c1-8(2)10-11-9(6-12(10)3)17(14,15)13-4-5-16-7-13/h6,8H,4-5,7H2,1-3H3. The lowest BCUT2D eigenvalue weighted by atomic mass is 10.2. The average Bonchev–Trinajstić information content (AvgIpc) is 2.84. The maximum Gasteiger partial charge on any atom is 0.262 e. The minimum atomic E-state index is -3.39. The van der Waals surface area contributed by atoms with Crippen LogP contribution in [-0.2, 0) is 17.1 Å². The Hall–Kier alpha value is -0.530. The monoisotopic (exact) mass is 275 g/mol. The molecule has 1 aliphatic heterocycles. The smallest absolute Gasteiger partial charge is 0.262 e. The van der Waals surface area contributed by atoms with Crippen molar-refractivity contribution < 1.29 is 8.42 Å². The molecule has 17 heavy (non-hydrogen) atoms. The van der Waals surface area contributed by atoms with Crippen LogP contribution in [-0.4, -0.2) is 40.4 Å². The highest BCUT2D eigenvalue weighted by atomic mass is 32.2. The lowest BCUT2D eigenvalue weighted by molar-refractivity contribution is 0.486. The predicted molar refractivity (Wildman–Crippen MR) is 68.5 cm³/mol. The third kappa shape index (κ3) is 2.36. The van der Waals surface area contributed by atoms with Gasteiger partial charge in [-0.25, -0.2) is 13.4 Å². The lowest BCUT2D eigenvalue weighted by Gasteiger charge is -2.11. The van der Waals surface area contributed by atoms with Crippen LogP contribution in [0.3, 0.4) is 0 Å². The number of sulfonamides is 1. The summed E-state index contributed by atoms with van der Waals surface area (Å²) in [5.74, 6) is 2.42. The van der Waals surface area contributed by atoms with Crippen molar-refractivity contribution in [1.29, 1.82) is 0 Å². The minimum absolute atomic E-state index is 0.172. The second kappa shape index (κ2) is 4.62. The third-order valence-electron chi connectivity index (χ3n) is 2.73. The summed E-state index contributed by atoms with van der Waals surface area (Å²) in [6.45, 7) is 4.59. The van der Waals surface area contributed by atoms with E-state index < -0.39 is 10.0 Å². The molecule has 1 aliphatic rings. The van der Waals surface area contributed by atoms with Crippen molar-refractivity contribution >= 4 is 21.8 Å². The van der Waals surface area contributed by atoms with Crippen molar-refractivity contribution in [1.82, 2.24) is 13.9 Å². The Bertz CT molecular complexity index is 502. The van der Waals surface area contributed by atoms with E-state index >= 15 is 0 Å². The third-order valence-corrected chi connectivity index (χ3v) is 5.58. The Morgan fingerprint density at radius 1 is 1.47 bits per heavy atom. The van der Waals surface area contributed by atoms with Gasteiger partial charge >= 0.3 is 0 Å². The Balaban J connectivity index is 2.36. The highest BCUT2D eigenvalue weighted by Crippen LogP contribution is 2.24. The van der Waals surface area contributed by atoms with Crippen molar-refractivity contribution in [2.45, 2.75) is 24.8 Å². The normalized spacial score (nSPS) is 18.1. The van der Waals surface area contributed by atoms with Gasteiger partial charge < -0.3 is 4.57 Å². The number of thioether (sulfide) groups is 1. The van der Waals surface area contributed by atoms with Gasteiger partial charge in [0.2, 0.25) is 0 Å². The molecule has 7 heteroatoms. The Morgan fingerprint density at radius 2 is 2.18 bits per heavy atom. The fraction of sp³-hybridized carbons (Fsp3) is 0.700. The van der Waals surface area contributed by atoms with Gasteiger partial charge in [-0.05, 0) is 0 Å². The van der Waals surface area contributed by atoms with Crippen LogP contribution in [0.4, 0.5) is 0 Å². The summed E-state index contributed by atoms with van der Waals surface area (Å²) >= 11 is 1.63. The van der Waals surface area contributed by atoms with E-state index in [1.807, 2.05) is 20.9 Å². The molecule has 96 valence electrons. The summed E-state index contributed by atoms with van der Waals surface area (Å²) < 4.78 is 27.8. The van der Waals surface area contributed by atoms with Gasteiger partial charge in [0, 0.05) is 31.5 Å². The second-order valence-corrected chi connectivity index (χ2v) is 7.38. The maximum absolute atomic E-state index is 12.3. The van der Waals surface area contributed by atoms with Crippen LogP contribution < -0.4 is 0 Å². The topological polar surface area (TPSA) is 55.2 Å². The molecule has 0 N–H and O–H groups in total. The van der Waals surface area contributed by atoms with Gasteiger partial charge in [-0.3, -0.25) is 0 Å². The van der Waals surface area contributed by atoms with E-state index in [0.717, 1.165) is 11.6 Å². The van der Waals surface area contributed by atoms with E-state index in [2.05, 4.69) is 4.98 Å². The quantitative estimate of drug-likeness (QED) is 0.833. The first-order valence-corrected chi connectivity index (χ1v) is 8.13. The van der Waals surface area contributed by atoms with Crippen LogP contribution in [0.25, 0.3) is 0 Å². The first kappa shape index (κ1) is 12.9. The van der Waals surface area contributed by atoms with Gasteiger partial charge in [0.1, 0.15) is 5.82 Å². The molecule has 2 heterocycles. The zero-order valence-corrected chi connectivity index (χ0v) is 11.9. The highest BCUT2D eigenvalue weighted by molar-refractivity contribution is 8.00. The summed E-state index contributed by atoms with van der Waals surface area (Å²) in [7, 11) is -1.56. The van der Waals surface area contributed by atoms with Crippen molar-refractivity contribution in [3.05, 3.63) is 12.0 Å². The van der Waals surface area contributed by atoms with Crippen LogP contribution in [0.1, 0.15) is 25.6 Å². The number of imidazole rings is 1. The number of rotatable bonds is 3. The molecule has 0 aromatic carbocycles. The molecular formula is C10H17N3O2S2. The molecule has 0 saturated carbocycles. The van der Waals surface area contributed by atoms with Gasteiger partial charge in [-0.15, -0.1) is 11.8 Å². The second-order valence-electron chi connectivity index (χ2n) is 4.42. The molecule has 1 aromatic heterocycles. The van der Waals surface area contributed by atoms with Crippen molar-refractivity contribution in [2.24, 2.45) is 7.05 Å². The largest absolute Gasteiger partial charge is 0.336 e. The summed E-state index contributed by atoms with van der Waals surface area (Å²) in [6.07, 6.45) is 1.60. The molecule has 1 fully saturated rings. The number of aromatic nitrogens is 2. The van der Waals surface area contributed by atoms with Gasteiger partial charge in [0.05, 0.1) is 5.88 Å². The molecule has 0 bridgehead atoms. The maximum atomic E-state index is 12.3. The molecule has 0 amide bonds. The Labute approximate surface area is 106 Å². The molecule has 5 nitrogen and oxygen atoms in total. The van der Waals surface area contributed by atoms with E-state index in [-0.39, 0.29) is 10.9 Å². The van der Waals surface area contributed by atoms with E-state index in [9.17, 15) is 8.42 Å². The van der Waals surface area contributed by atoms with Gasteiger partial charge in [0.15, 0.2) is 5.03 Å². The molecule has 1 aromatic rings. The van der Waals surface area contributed by atoms with Crippen LogP contribution in [0.2, 0.25) is 0 Å². The molecule has 1 saturated heterocycles. The number of nitrogens with zero attached hydrogens (tertiary/aromatic N) is 3.